The molecule has 0 unspecified atom stereocenters. The monoisotopic (exact) mass is 329 g/mol. The Labute approximate surface area is 146 Å². The van der Waals surface area contributed by atoms with Gasteiger partial charge < -0.3 is 14.8 Å². The van der Waals surface area contributed by atoms with Gasteiger partial charge in [-0.05, 0) is 74.7 Å². The second-order valence-corrected chi connectivity index (χ2v) is 8.54. The maximum Gasteiger partial charge on any atom is 0.165 e. The molecule has 1 aromatic carbocycles. The molecule has 0 saturated heterocycles. The fraction of sp³-hybridized carbons (Fsp3) is 0.714. The molecule has 0 amide bonds. The average Bonchev–Trinajstić information content (AvgIpc) is 2.57. The van der Waals surface area contributed by atoms with Crippen LogP contribution < -0.4 is 14.8 Å². The molecule has 0 aromatic heterocycles. The minimum Gasteiger partial charge on any atom is -0.493 e. The second-order valence-electron chi connectivity index (χ2n) is 8.54. The van der Waals surface area contributed by atoms with Crippen molar-refractivity contribution in [2.45, 2.75) is 58.0 Å². The quantitative estimate of drug-likeness (QED) is 0.839. The second kappa shape index (κ2) is 6.25. The summed E-state index contributed by atoms with van der Waals surface area (Å²) in [5.41, 5.74) is 1.73. The van der Waals surface area contributed by atoms with E-state index in [4.69, 9.17) is 9.47 Å². The van der Waals surface area contributed by atoms with Gasteiger partial charge in [-0.15, -0.1) is 0 Å². The molecule has 1 N–H and O–H groups in total. The third-order valence-corrected chi connectivity index (χ3v) is 7.09. The van der Waals surface area contributed by atoms with Gasteiger partial charge in [-0.1, -0.05) is 12.1 Å². The number of ether oxygens (including phenoxy) is 2. The number of hydrogen-bond acceptors (Lipinski definition) is 3. The maximum absolute atomic E-state index is 5.58. The van der Waals surface area contributed by atoms with E-state index in [0.29, 0.717) is 11.5 Å². The molecule has 4 fully saturated rings. The summed E-state index contributed by atoms with van der Waals surface area (Å²) in [4.78, 5) is 0. The molecule has 132 valence electrons. The first-order valence-electron chi connectivity index (χ1n) is 9.57. The number of benzene rings is 1. The summed E-state index contributed by atoms with van der Waals surface area (Å²) >= 11 is 0. The van der Waals surface area contributed by atoms with Crippen molar-refractivity contribution in [3.05, 3.63) is 23.8 Å². The standard InChI is InChI=1S/C21H31NO2/c1-14(21-10-15-7-16(11-21)9-17(8-15)12-21)22-13-18-5-4-6-19(23-2)20(18)24-3/h4-6,14-17,22H,7-13H2,1-3H3/t14-,15?,16?,17?,21?/m0/s1. The van der Waals surface area contributed by atoms with Crippen molar-refractivity contribution >= 4 is 0 Å². The van der Waals surface area contributed by atoms with E-state index in [-0.39, 0.29) is 0 Å². The molecule has 0 aliphatic heterocycles. The van der Waals surface area contributed by atoms with Crippen LogP contribution in [-0.4, -0.2) is 20.3 Å². The molecule has 1 aromatic rings. The summed E-state index contributed by atoms with van der Waals surface area (Å²) in [6.45, 7) is 3.27. The molecule has 4 aliphatic carbocycles. The molecule has 3 nitrogen and oxygen atoms in total. The number of para-hydroxylation sites is 1. The molecule has 0 radical (unpaired) electrons. The van der Waals surface area contributed by atoms with Crippen molar-refractivity contribution in [2.75, 3.05) is 14.2 Å². The SMILES string of the molecule is COc1cccc(CN[C@@H](C)C23CC4CC(CC(C4)C2)C3)c1OC. The molecule has 4 bridgehead atoms. The summed E-state index contributed by atoms with van der Waals surface area (Å²) < 4.78 is 11.0. The first-order chi connectivity index (χ1) is 11.6. The van der Waals surface area contributed by atoms with Gasteiger partial charge in [0.15, 0.2) is 11.5 Å². The van der Waals surface area contributed by atoms with E-state index in [1.807, 2.05) is 12.1 Å². The third kappa shape index (κ3) is 2.71. The molecule has 0 spiro atoms. The normalized spacial score (nSPS) is 35.0. The van der Waals surface area contributed by atoms with Crippen molar-refractivity contribution in [1.82, 2.24) is 5.32 Å². The minimum atomic E-state index is 0.543. The number of nitrogens with one attached hydrogen (secondary N) is 1. The lowest BCUT2D eigenvalue weighted by Gasteiger charge is -2.59. The highest BCUT2D eigenvalue weighted by molar-refractivity contribution is 5.46. The van der Waals surface area contributed by atoms with Crippen LogP contribution in [-0.2, 0) is 6.54 Å². The van der Waals surface area contributed by atoms with Crippen LogP contribution in [0.15, 0.2) is 18.2 Å². The van der Waals surface area contributed by atoms with Crippen LogP contribution in [0, 0.1) is 23.2 Å². The highest BCUT2D eigenvalue weighted by Crippen LogP contribution is 2.61. The summed E-state index contributed by atoms with van der Waals surface area (Å²) in [5, 5.41) is 3.85. The van der Waals surface area contributed by atoms with Gasteiger partial charge in [0.1, 0.15) is 0 Å². The fourth-order valence-electron chi connectivity index (χ4n) is 6.28. The summed E-state index contributed by atoms with van der Waals surface area (Å²) in [6, 6.07) is 6.72. The van der Waals surface area contributed by atoms with Crippen molar-refractivity contribution in [2.24, 2.45) is 23.2 Å². The lowest BCUT2D eigenvalue weighted by atomic mass is 9.48. The smallest absolute Gasteiger partial charge is 0.165 e. The van der Waals surface area contributed by atoms with Gasteiger partial charge in [0.05, 0.1) is 14.2 Å². The zero-order valence-corrected chi connectivity index (χ0v) is 15.3. The minimum absolute atomic E-state index is 0.543. The van der Waals surface area contributed by atoms with Crippen LogP contribution in [0.2, 0.25) is 0 Å². The van der Waals surface area contributed by atoms with E-state index in [2.05, 4.69) is 18.3 Å². The summed E-state index contributed by atoms with van der Waals surface area (Å²) in [6.07, 6.45) is 8.87. The van der Waals surface area contributed by atoms with Gasteiger partial charge in [0.2, 0.25) is 0 Å². The highest BCUT2D eigenvalue weighted by Gasteiger charge is 2.52. The van der Waals surface area contributed by atoms with Crippen molar-refractivity contribution in [1.29, 1.82) is 0 Å². The zero-order valence-electron chi connectivity index (χ0n) is 15.3. The topological polar surface area (TPSA) is 30.5 Å². The molecular formula is C21H31NO2. The molecule has 24 heavy (non-hydrogen) atoms. The molecule has 3 heteroatoms. The van der Waals surface area contributed by atoms with E-state index < -0.39 is 0 Å². The zero-order chi connectivity index (χ0) is 16.7. The van der Waals surface area contributed by atoms with Crippen molar-refractivity contribution in [3.63, 3.8) is 0 Å². The fourth-order valence-corrected chi connectivity index (χ4v) is 6.28. The van der Waals surface area contributed by atoms with Gasteiger partial charge in [0, 0.05) is 18.2 Å². The van der Waals surface area contributed by atoms with Crippen molar-refractivity contribution < 1.29 is 9.47 Å². The largest absolute Gasteiger partial charge is 0.493 e. The Balaban J connectivity index is 1.47. The molecular weight excluding hydrogens is 298 g/mol. The van der Waals surface area contributed by atoms with E-state index in [0.717, 1.165) is 35.8 Å². The Morgan fingerprint density at radius 2 is 1.67 bits per heavy atom. The van der Waals surface area contributed by atoms with E-state index in [1.54, 1.807) is 14.2 Å². The Bertz CT molecular complexity index is 562. The molecule has 5 rings (SSSR count). The average molecular weight is 329 g/mol. The van der Waals surface area contributed by atoms with Gasteiger partial charge in [-0.2, -0.15) is 0 Å². The Morgan fingerprint density at radius 1 is 1.04 bits per heavy atom. The predicted octanol–water partition coefficient (Wildman–Crippen LogP) is 4.40. The summed E-state index contributed by atoms with van der Waals surface area (Å²) in [5.74, 6) is 4.70. The third-order valence-electron chi connectivity index (χ3n) is 7.09. The van der Waals surface area contributed by atoms with Crippen LogP contribution in [0.4, 0.5) is 0 Å². The Morgan fingerprint density at radius 3 is 2.21 bits per heavy atom. The lowest BCUT2D eigenvalue weighted by molar-refractivity contribution is -0.0706. The van der Waals surface area contributed by atoms with E-state index >= 15 is 0 Å². The van der Waals surface area contributed by atoms with Crippen LogP contribution in [0.3, 0.4) is 0 Å². The highest BCUT2D eigenvalue weighted by atomic mass is 16.5. The van der Waals surface area contributed by atoms with Crippen molar-refractivity contribution in [3.8, 4) is 11.5 Å². The molecule has 4 saturated carbocycles. The van der Waals surface area contributed by atoms with Gasteiger partial charge in [-0.3, -0.25) is 0 Å². The van der Waals surface area contributed by atoms with Gasteiger partial charge in [-0.25, -0.2) is 0 Å². The molecule has 0 heterocycles. The lowest BCUT2D eigenvalue weighted by Crippen LogP contribution is -2.54. The van der Waals surface area contributed by atoms with Crippen LogP contribution in [0.25, 0.3) is 0 Å². The van der Waals surface area contributed by atoms with E-state index in [9.17, 15) is 0 Å². The van der Waals surface area contributed by atoms with E-state index in [1.165, 1.54) is 44.1 Å². The first kappa shape index (κ1) is 16.3. The number of hydrogen-bond donors (Lipinski definition) is 1. The number of rotatable bonds is 6. The maximum atomic E-state index is 5.58. The predicted molar refractivity (Wildman–Crippen MR) is 96.5 cm³/mol. The Hall–Kier alpha value is -1.22. The first-order valence-corrected chi connectivity index (χ1v) is 9.57. The summed E-state index contributed by atoms with van der Waals surface area (Å²) in [7, 11) is 3.43. The van der Waals surface area contributed by atoms with Gasteiger partial charge in [0.25, 0.3) is 0 Å². The van der Waals surface area contributed by atoms with Crippen LogP contribution >= 0.6 is 0 Å². The Kier molecular flexibility index (Phi) is 4.24. The van der Waals surface area contributed by atoms with Crippen LogP contribution in [0.1, 0.15) is 51.0 Å². The molecule has 1 atom stereocenters. The molecule has 4 aliphatic rings. The van der Waals surface area contributed by atoms with Gasteiger partial charge >= 0.3 is 0 Å². The van der Waals surface area contributed by atoms with Crippen LogP contribution in [0.5, 0.6) is 11.5 Å². The number of methoxy groups -OCH3 is 2.